The number of aromatic nitrogens is 2. The van der Waals surface area contributed by atoms with Gasteiger partial charge in [0.15, 0.2) is 5.78 Å². The standard InChI is InChI=1S/C22H21Cl2N3O2S/c1-11-18-12(2)25-13(3)26-21(18)30-20(11)22(29)27-8-6-14(7-9-27)19(28)15-4-5-16(23)17(24)10-15/h4-5,10,14H,6-9H2,1-3H3. The van der Waals surface area contributed by atoms with Crippen molar-refractivity contribution in [2.45, 2.75) is 33.6 Å². The van der Waals surface area contributed by atoms with Gasteiger partial charge in [0.05, 0.1) is 14.9 Å². The Kier molecular flexibility index (Phi) is 5.84. The smallest absolute Gasteiger partial charge is 0.264 e. The Hall–Kier alpha value is -2.02. The van der Waals surface area contributed by atoms with E-state index in [1.165, 1.54) is 11.3 Å². The van der Waals surface area contributed by atoms with Crippen molar-refractivity contribution in [3.8, 4) is 0 Å². The Morgan fingerprint density at radius 2 is 1.77 bits per heavy atom. The summed E-state index contributed by atoms with van der Waals surface area (Å²) >= 11 is 13.4. The fraction of sp³-hybridized carbons (Fsp3) is 0.364. The first-order chi connectivity index (χ1) is 14.3. The van der Waals surface area contributed by atoms with Gasteiger partial charge in [-0.25, -0.2) is 9.97 Å². The summed E-state index contributed by atoms with van der Waals surface area (Å²) in [7, 11) is 0. The Labute approximate surface area is 189 Å². The fourth-order valence-electron chi connectivity index (χ4n) is 4.05. The van der Waals surface area contributed by atoms with Crippen molar-refractivity contribution in [2.75, 3.05) is 13.1 Å². The number of aryl methyl sites for hydroxylation is 3. The largest absolute Gasteiger partial charge is 0.338 e. The van der Waals surface area contributed by atoms with Crippen LogP contribution >= 0.6 is 34.5 Å². The molecule has 3 heterocycles. The van der Waals surface area contributed by atoms with Gasteiger partial charge in [-0.1, -0.05) is 23.2 Å². The van der Waals surface area contributed by atoms with E-state index in [1.54, 1.807) is 18.2 Å². The Morgan fingerprint density at radius 3 is 2.43 bits per heavy atom. The van der Waals surface area contributed by atoms with Crippen molar-refractivity contribution in [1.29, 1.82) is 0 Å². The third-order valence-corrected chi connectivity index (χ3v) is 7.55. The normalized spacial score (nSPS) is 15.0. The third kappa shape index (κ3) is 3.84. The number of nitrogens with zero attached hydrogens (tertiary/aromatic N) is 3. The SMILES string of the molecule is Cc1nc(C)c2c(C)c(C(=O)N3CCC(C(=O)c4ccc(Cl)c(Cl)c4)CC3)sc2n1. The van der Waals surface area contributed by atoms with Gasteiger partial charge in [0.1, 0.15) is 10.7 Å². The minimum absolute atomic E-state index is 0.00740. The molecule has 0 spiro atoms. The lowest BCUT2D eigenvalue weighted by Crippen LogP contribution is -2.40. The predicted octanol–water partition coefficient (Wildman–Crippen LogP) is 5.66. The van der Waals surface area contributed by atoms with E-state index >= 15 is 0 Å². The van der Waals surface area contributed by atoms with Crippen LogP contribution in [0.3, 0.4) is 0 Å². The number of thiophene rings is 1. The molecule has 156 valence electrons. The fourth-order valence-corrected chi connectivity index (χ4v) is 5.59. The molecule has 1 amide bonds. The second kappa shape index (κ2) is 8.25. The molecule has 2 aromatic heterocycles. The number of hydrogen-bond acceptors (Lipinski definition) is 5. The van der Waals surface area contributed by atoms with Gasteiger partial charge in [0.25, 0.3) is 5.91 Å². The van der Waals surface area contributed by atoms with Crippen LogP contribution in [0, 0.1) is 26.7 Å². The highest BCUT2D eigenvalue weighted by Gasteiger charge is 2.30. The molecule has 0 atom stereocenters. The lowest BCUT2D eigenvalue weighted by Gasteiger charge is -2.31. The first kappa shape index (κ1) is 21.2. The van der Waals surface area contributed by atoms with Crippen LogP contribution in [0.4, 0.5) is 0 Å². The van der Waals surface area contributed by atoms with E-state index in [1.807, 2.05) is 25.7 Å². The number of amides is 1. The molecule has 0 unspecified atom stereocenters. The van der Waals surface area contributed by atoms with E-state index in [4.69, 9.17) is 23.2 Å². The molecule has 4 rings (SSSR count). The number of hydrogen-bond donors (Lipinski definition) is 0. The molecule has 0 bridgehead atoms. The van der Waals surface area contributed by atoms with Gasteiger partial charge < -0.3 is 4.90 Å². The van der Waals surface area contributed by atoms with Crippen LogP contribution in [0.15, 0.2) is 18.2 Å². The van der Waals surface area contributed by atoms with Gasteiger partial charge in [-0.3, -0.25) is 9.59 Å². The molecule has 0 aliphatic carbocycles. The minimum atomic E-state index is -0.120. The number of ketones is 1. The second-order valence-corrected chi connectivity index (χ2v) is 9.47. The number of carbonyl (C=O) groups excluding carboxylic acids is 2. The average molecular weight is 462 g/mol. The van der Waals surface area contributed by atoms with Crippen molar-refractivity contribution in [3.05, 3.63) is 55.8 Å². The molecule has 1 aliphatic rings. The molecule has 1 saturated heterocycles. The summed E-state index contributed by atoms with van der Waals surface area (Å²) in [6, 6.07) is 4.97. The summed E-state index contributed by atoms with van der Waals surface area (Å²) in [6.45, 7) is 6.87. The third-order valence-electron chi connectivity index (χ3n) is 5.63. The predicted molar refractivity (Wildman–Crippen MR) is 121 cm³/mol. The first-order valence-corrected chi connectivity index (χ1v) is 11.4. The molecule has 0 radical (unpaired) electrons. The maximum absolute atomic E-state index is 13.2. The van der Waals surface area contributed by atoms with Crippen molar-refractivity contribution < 1.29 is 9.59 Å². The van der Waals surface area contributed by atoms with Crippen molar-refractivity contribution in [1.82, 2.24) is 14.9 Å². The molecule has 5 nitrogen and oxygen atoms in total. The van der Waals surface area contributed by atoms with Crippen LogP contribution in [0.1, 0.15) is 50.0 Å². The number of Topliss-reactive ketones (excluding diaryl/α,β-unsaturated/α-hetero) is 1. The molecule has 8 heteroatoms. The summed E-state index contributed by atoms with van der Waals surface area (Å²) < 4.78 is 0. The van der Waals surface area contributed by atoms with Gasteiger partial charge in [0.2, 0.25) is 0 Å². The van der Waals surface area contributed by atoms with E-state index in [9.17, 15) is 9.59 Å². The number of rotatable bonds is 3. The molecule has 0 saturated carbocycles. The first-order valence-electron chi connectivity index (χ1n) is 9.79. The van der Waals surface area contributed by atoms with E-state index in [2.05, 4.69) is 9.97 Å². The summed E-state index contributed by atoms with van der Waals surface area (Å²) in [5, 5.41) is 1.78. The molecule has 3 aromatic rings. The summed E-state index contributed by atoms with van der Waals surface area (Å²) in [5.41, 5.74) is 2.40. The van der Waals surface area contributed by atoms with Crippen molar-refractivity contribution >= 4 is 56.4 Å². The van der Waals surface area contributed by atoms with E-state index in [0.29, 0.717) is 52.2 Å². The van der Waals surface area contributed by atoms with E-state index < -0.39 is 0 Å². The Morgan fingerprint density at radius 1 is 1.07 bits per heavy atom. The highest BCUT2D eigenvalue weighted by Crippen LogP contribution is 2.33. The lowest BCUT2D eigenvalue weighted by molar-refractivity contribution is 0.0654. The van der Waals surface area contributed by atoms with Crippen LogP contribution in [0.5, 0.6) is 0 Å². The zero-order valence-electron chi connectivity index (χ0n) is 17.0. The van der Waals surface area contributed by atoms with Gasteiger partial charge in [-0.2, -0.15) is 0 Å². The summed E-state index contributed by atoms with van der Waals surface area (Å²) in [5.74, 6) is 0.653. The van der Waals surface area contributed by atoms with Gasteiger partial charge in [-0.15, -0.1) is 11.3 Å². The molecular weight excluding hydrogens is 441 g/mol. The topological polar surface area (TPSA) is 63.2 Å². The summed E-state index contributed by atoms with van der Waals surface area (Å²) in [6.07, 6.45) is 1.26. The molecule has 1 aliphatic heterocycles. The van der Waals surface area contributed by atoms with Crippen LogP contribution < -0.4 is 0 Å². The van der Waals surface area contributed by atoms with E-state index in [0.717, 1.165) is 21.5 Å². The molecule has 0 N–H and O–H groups in total. The number of fused-ring (bicyclic) bond motifs is 1. The number of halogens is 2. The van der Waals surface area contributed by atoms with Crippen molar-refractivity contribution in [3.63, 3.8) is 0 Å². The van der Waals surface area contributed by atoms with Crippen LogP contribution in [-0.2, 0) is 0 Å². The molecule has 30 heavy (non-hydrogen) atoms. The zero-order chi connectivity index (χ0) is 21.6. The van der Waals surface area contributed by atoms with Crippen molar-refractivity contribution in [2.24, 2.45) is 5.92 Å². The van der Waals surface area contributed by atoms with Crippen LogP contribution in [0.25, 0.3) is 10.2 Å². The maximum atomic E-state index is 13.2. The quantitative estimate of drug-likeness (QED) is 0.472. The highest BCUT2D eigenvalue weighted by atomic mass is 35.5. The Balaban J connectivity index is 1.49. The highest BCUT2D eigenvalue weighted by molar-refractivity contribution is 7.20. The van der Waals surface area contributed by atoms with E-state index in [-0.39, 0.29) is 17.6 Å². The Bertz CT molecular complexity index is 1170. The number of benzene rings is 1. The summed E-state index contributed by atoms with van der Waals surface area (Å²) in [4.78, 5) is 38.4. The van der Waals surface area contributed by atoms with Crippen LogP contribution in [0.2, 0.25) is 10.0 Å². The van der Waals surface area contributed by atoms with Gasteiger partial charge in [-0.05, 0) is 57.4 Å². The average Bonchev–Trinajstić information content (AvgIpc) is 3.05. The maximum Gasteiger partial charge on any atom is 0.264 e. The number of piperidine rings is 1. The lowest BCUT2D eigenvalue weighted by atomic mass is 9.89. The number of likely N-dealkylation sites (tertiary alicyclic amines) is 1. The van der Waals surface area contributed by atoms with Gasteiger partial charge >= 0.3 is 0 Å². The number of carbonyl (C=O) groups is 2. The van der Waals surface area contributed by atoms with Gasteiger partial charge in [0, 0.05) is 35.7 Å². The molecular formula is C22H21Cl2N3O2S. The monoisotopic (exact) mass is 461 g/mol. The van der Waals surface area contributed by atoms with Crippen LogP contribution in [-0.4, -0.2) is 39.6 Å². The second-order valence-electron chi connectivity index (χ2n) is 7.65. The minimum Gasteiger partial charge on any atom is -0.338 e. The molecule has 1 fully saturated rings. The molecule has 1 aromatic carbocycles. The zero-order valence-corrected chi connectivity index (χ0v) is 19.3.